The first-order chi connectivity index (χ1) is 18.9. The molecule has 0 rings (SSSR count). The van der Waals surface area contributed by atoms with Crippen LogP contribution in [0.4, 0.5) is 0 Å². The van der Waals surface area contributed by atoms with E-state index in [1.807, 2.05) is 62.3 Å². The average molecular weight is 583 g/mol. The molecule has 0 aromatic carbocycles. The van der Waals surface area contributed by atoms with Gasteiger partial charge in [0.1, 0.15) is 16.8 Å². The third-order valence-electron chi connectivity index (χ3n) is 6.86. The van der Waals surface area contributed by atoms with Gasteiger partial charge in [-0.3, -0.25) is 14.4 Å². The van der Waals surface area contributed by atoms with Crippen LogP contribution in [0.5, 0.6) is 0 Å². The maximum absolute atomic E-state index is 13.0. The van der Waals surface area contributed by atoms with Crippen LogP contribution in [0.2, 0.25) is 0 Å². The normalized spacial score (nSPS) is 13.9. The molecule has 0 saturated heterocycles. The lowest BCUT2D eigenvalue weighted by molar-refractivity contribution is -0.161. The van der Waals surface area contributed by atoms with Gasteiger partial charge in [0.25, 0.3) is 0 Å². The minimum atomic E-state index is -0.602. The van der Waals surface area contributed by atoms with E-state index < -0.39 is 22.7 Å². The lowest BCUT2D eigenvalue weighted by Gasteiger charge is -2.26. The Morgan fingerprint density at radius 2 is 0.805 bits per heavy atom. The van der Waals surface area contributed by atoms with Gasteiger partial charge in [0.15, 0.2) is 0 Å². The zero-order valence-electron chi connectivity index (χ0n) is 28.6. The van der Waals surface area contributed by atoms with Crippen molar-refractivity contribution >= 4 is 17.9 Å². The van der Waals surface area contributed by atoms with Crippen molar-refractivity contribution in [2.24, 2.45) is 11.8 Å². The number of rotatable bonds is 21. The lowest BCUT2D eigenvalue weighted by Crippen LogP contribution is -2.30. The first-order valence-electron chi connectivity index (χ1n) is 16.6. The number of carbonyl (C=O) groups is 3. The highest BCUT2D eigenvalue weighted by Gasteiger charge is 2.29. The van der Waals surface area contributed by atoms with Crippen molar-refractivity contribution in [3.05, 3.63) is 0 Å². The van der Waals surface area contributed by atoms with E-state index in [0.717, 1.165) is 19.3 Å². The minimum Gasteiger partial charge on any atom is -0.460 e. The summed E-state index contributed by atoms with van der Waals surface area (Å²) in [7, 11) is 0. The van der Waals surface area contributed by atoms with Gasteiger partial charge in [-0.05, 0) is 88.0 Å². The van der Waals surface area contributed by atoms with Crippen LogP contribution in [0.3, 0.4) is 0 Å². The van der Waals surface area contributed by atoms with Gasteiger partial charge < -0.3 is 14.2 Å². The summed E-state index contributed by atoms with van der Waals surface area (Å²) in [4.78, 5) is 38.3. The Labute approximate surface area is 253 Å². The molecule has 2 atom stereocenters. The number of hydrogen-bond donors (Lipinski definition) is 0. The van der Waals surface area contributed by atoms with Gasteiger partial charge in [0.2, 0.25) is 0 Å². The molecule has 0 saturated carbocycles. The molecule has 6 nitrogen and oxygen atoms in total. The fraction of sp³-hybridized carbons (Fsp3) is 0.914. The van der Waals surface area contributed by atoms with Gasteiger partial charge >= 0.3 is 17.9 Å². The lowest BCUT2D eigenvalue weighted by atomic mass is 9.90. The van der Waals surface area contributed by atoms with Crippen LogP contribution in [0.15, 0.2) is 0 Å². The van der Waals surface area contributed by atoms with E-state index in [9.17, 15) is 14.4 Å². The van der Waals surface area contributed by atoms with Crippen molar-refractivity contribution in [3.63, 3.8) is 0 Å². The summed E-state index contributed by atoms with van der Waals surface area (Å²) in [6.07, 6.45) is 17.2. The third kappa shape index (κ3) is 24.7. The highest BCUT2D eigenvalue weighted by Crippen LogP contribution is 2.26. The molecule has 0 aromatic rings. The molecule has 0 spiro atoms. The SMILES string of the molecule is CCCCCCCCCCCCCC(CCCC(CCC(=O)OC(C)(C)C)C(=O)OC(C)(C)C)C(=O)OC(C)(C)C. The Morgan fingerprint density at radius 1 is 0.463 bits per heavy atom. The number of carbonyl (C=O) groups excluding carboxylic acids is 3. The third-order valence-corrected chi connectivity index (χ3v) is 6.86. The summed E-state index contributed by atoms with van der Waals surface area (Å²) in [5.41, 5.74) is -1.69. The first-order valence-corrected chi connectivity index (χ1v) is 16.6. The molecule has 2 unspecified atom stereocenters. The van der Waals surface area contributed by atoms with Crippen LogP contribution < -0.4 is 0 Å². The van der Waals surface area contributed by atoms with Crippen molar-refractivity contribution in [1.29, 1.82) is 0 Å². The van der Waals surface area contributed by atoms with Crippen LogP contribution >= 0.6 is 0 Å². The summed E-state index contributed by atoms with van der Waals surface area (Å²) in [6.45, 7) is 19.0. The van der Waals surface area contributed by atoms with Gasteiger partial charge in [0.05, 0.1) is 11.8 Å². The quantitative estimate of drug-likeness (QED) is 0.0761. The summed E-state index contributed by atoms with van der Waals surface area (Å²) in [6, 6.07) is 0. The van der Waals surface area contributed by atoms with Gasteiger partial charge in [-0.2, -0.15) is 0 Å². The largest absolute Gasteiger partial charge is 0.460 e. The summed E-state index contributed by atoms with van der Waals surface area (Å²) < 4.78 is 16.9. The number of esters is 3. The number of ether oxygens (including phenoxy) is 3. The van der Waals surface area contributed by atoms with Crippen LogP contribution in [0.25, 0.3) is 0 Å². The Hall–Kier alpha value is -1.59. The molecule has 0 radical (unpaired) electrons. The van der Waals surface area contributed by atoms with Crippen molar-refractivity contribution in [1.82, 2.24) is 0 Å². The zero-order chi connectivity index (χ0) is 31.5. The van der Waals surface area contributed by atoms with Gasteiger partial charge in [0, 0.05) is 6.42 Å². The molecular weight excluding hydrogens is 516 g/mol. The predicted molar refractivity (Wildman–Crippen MR) is 169 cm³/mol. The Morgan fingerprint density at radius 3 is 1.20 bits per heavy atom. The molecule has 0 aromatic heterocycles. The van der Waals surface area contributed by atoms with Crippen LogP contribution in [0.1, 0.15) is 178 Å². The van der Waals surface area contributed by atoms with E-state index in [1.165, 1.54) is 57.8 Å². The summed E-state index contributed by atoms with van der Waals surface area (Å²) in [5.74, 6) is -1.34. The average Bonchev–Trinajstić information content (AvgIpc) is 2.79. The maximum atomic E-state index is 13.0. The highest BCUT2D eigenvalue weighted by molar-refractivity contribution is 5.75. The van der Waals surface area contributed by atoms with Crippen molar-refractivity contribution in [2.75, 3.05) is 0 Å². The van der Waals surface area contributed by atoms with Crippen LogP contribution in [-0.4, -0.2) is 34.7 Å². The molecule has 0 heterocycles. The van der Waals surface area contributed by atoms with Crippen LogP contribution in [-0.2, 0) is 28.6 Å². The van der Waals surface area contributed by atoms with E-state index in [4.69, 9.17) is 14.2 Å². The van der Waals surface area contributed by atoms with Crippen LogP contribution in [0, 0.1) is 11.8 Å². The minimum absolute atomic E-state index is 0.146. The second-order valence-corrected chi connectivity index (χ2v) is 14.8. The van der Waals surface area contributed by atoms with Gasteiger partial charge in [-0.1, -0.05) is 84.0 Å². The second-order valence-electron chi connectivity index (χ2n) is 14.8. The Bertz CT molecular complexity index is 722. The van der Waals surface area contributed by atoms with Gasteiger partial charge in [-0.15, -0.1) is 0 Å². The Balaban J connectivity index is 4.91. The molecule has 6 heteroatoms. The fourth-order valence-electron chi connectivity index (χ4n) is 4.88. The molecule has 0 fully saturated rings. The zero-order valence-corrected chi connectivity index (χ0v) is 28.6. The molecule has 0 aliphatic carbocycles. The highest BCUT2D eigenvalue weighted by atomic mass is 16.6. The monoisotopic (exact) mass is 582 g/mol. The second kappa shape index (κ2) is 20.3. The number of hydrogen-bond acceptors (Lipinski definition) is 6. The molecule has 0 aliphatic rings. The smallest absolute Gasteiger partial charge is 0.309 e. The maximum Gasteiger partial charge on any atom is 0.309 e. The number of unbranched alkanes of at least 4 members (excludes halogenated alkanes) is 10. The molecule has 0 amide bonds. The molecular formula is C35H66O6. The van der Waals surface area contributed by atoms with Gasteiger partial charge in [-0.25, -0.2) is 0 Å². The van der Waals surface area contributed by atoms with E-state index in [0.29, 0.717) is 25.7 Å². The molecule has 41 heavy (non-hydrogen) atoms. The van der Waals surface area contributed by atoms with E-state index in [-0.39, 0.29) is 30.2 Å². The van der Waals surface area contributed by atoms with Crippen molar-refractivity contribution in [3.8, 4) is 0 Å². The summed E-state index contributed by atoms with van der Waals surface area (Å²) in [5, 5.41) is 0. The molecule has 0 N–H and O–H groups in total. The van der Waals surface area contributed by atoms with E-state index >= 15 is 0 Å². The predicted octanol–water partition coefficient (Wildman–Crippen LogP) is 9.90. The molecule has 0 bridgehead atoms. The molecule has 242 valence electrons. The van der Waals surface area contributed by atoms with E-state index in [1.54, 1.807) is 0 Å². The first kappa shape index (κ1) is 39.4. The van der Waals surface area contributed by atoms with E-state index in [2.05, 4.69) is 6.92 Å². The topological polar surface area (TPSA) is 78.9 Å². The molecule has 0 aliphatic heterocycles. The fourth-order valence-corrected chi connectivity index (χ4v) is 4.88. The van der Waals surface area contributed by atoms with Crippen molar-refractivity contribution in [2.45, 2.75) is 195 Å². The standard InChI is InChI=1S/C35H66O6/c1-11-12-13-14-15-16-17-18-19-20-21-23-28(31(37)40-34(5,6)7)24-22-25-29(32(38)41-35(8,9)10)26-27-30(36)39-33(2,3)4/h28-29H,11-27H2,1-10H3. The summed E-state index contributed by atoms with van der Waals surface area (Å²) >= 11 is 0. The Kier molecular flexibility index (Phi) is 19.6. The van der Waals surface area contributed by atoms with Crippen molar-refractivity contribution < 1.29 is 28.6 Å².